The minimum absolute atomic E-state index is 0.000896. The van der Waals surface area contributed by atoms with Crippen LogP contribution in [-0.2, 0) is 11.2 Å². The molecule has 26 heavy (non-hydrogen) atoms. The van der Waals surface area contributed by atoms with E-state index in [1.54, 1.807) is 0 Å². The van der Waals surface area contributed by atoms with Crippen LogP contribution in [0.15, 0.2) is 48.5 Å². The van der Waals surface area contributed by atoms with E-state index in [9.17, 15) is 4.79 Å². The quantitative estimate of drug-likeness (QED) is 0.761. The number of H-pyrrole nitrogens is 1. The van der Waals surface area contributed by atoms with Gasteiger partial charge in [0.2, 0.25) is 0 Å². The van der Waals surface area contributed by atoms with Crippen molar-refractivity contribution < 1.29 is 9.53 Å². The number of rotatable bonds is 5. The van der Waals surface area contributed by atoms with Gasteiger partial charge in [-0.2, -0.15) is 0 Å². The summed E-state index contributed by atoms with van der Waals surface area (Å²) in [6.45, 7) is 2.92. The zero-order chi connectivity index (χ0) is 17.9. The second-order valence-corrected chi connectivity index (χ2v) is 6.67. The van der Waals surface area contributed by atoms with Gasteiger partial charge in [-0.3, -0.25) is 4.79 Å². The van der Waals surface area contributed by atoms with E-state index in [2.05, 4.69) is 16.9 Å². The van der Waals surface area contributed by atoms with Gasteiger partial charge in [0, 0.05) is 6.54 Å². The maximum absolute atomic E-state index is 12.7. The lowest BCUT2D eigenvalue weighted by Gasteiger charge is -2.23. The Kier molecular flexibility index (Phi) is 4.61. The molecule has 0 bridgehead atoms. The van der Waals surface area contributed by atoms with Crippen LogP contribution in [-0.4, -0.2) is 33.9 Å². The lowest BCUT2D eigenvalue weighted by atomic mass is 10.2. The van der Waals surface area contributed by atoms with E-state index in [4.69, 9.17) is 4.74 Å². The molecule has 3 aromatic rings. The molecule has 1 fully saturated rings. The zero-order valence-corrected chi connectivity index (χ0v) is 14.9. The molecular weight excluding hydrogens is 326 g/mol. The maximum Gasteiger partial charge on any atom is 0.261 e. The summed E-state index contributed by atoms with van der Waals surface area (Å²) in [6, 6.07) is 15.9. The molecule has 0 radical (unpaired) electrons. The first kappa shape index (κ1) is 16.6. The number of aromatic amines is 1. The molecule has 1 aliphatic heterocycles. The van der Waals surface area contributed by atoms with Gasteiger partial charge in [0.1, 0.15) is 11.6 Å². The fourth-order valence-corrected chi connectivity index (χ4v) is 3.53. The second-order valence-electron chi connectivity index (χ2n) is 6.67. The normalized spacial score (nSPS) is 17.0. The summed E-state index contributed by atoms with van der Waals surface area (Å²) in [5.41, 5.74) is 3.20. The van der Waals surface area contributed by atoms with E-state index in [1.807, 2.05) is 53.4 Å². The number of hydrogen-bond acceptors (Lipinski definition) is 3. The van der Waals surface area contributed by atoms with E-state index in [0.29, 0.717) is 0 Å². The van der Waals surface area contributed by atoms with Crippen molar-refractivity contribution in [2.24, 2.45) is 0 Å². The third-order valence-electron chi connectivity index (χ3n) is 4.99. The van der Waals surface area contributed by atoms with Gasteiger partial charge in [0.15, 0.2) is 6.61 Å². The summed E-state index contributed by atoms with van der Waals surface area (Å²) in [5, 5.41) is 0. The predicted octanol–water partition coefficient (Wildman–Crippen LogP) is 3.87. The Balaban J connectivity index is 1.44. The molecule has 5 heteroatoms. The van der Waals surface area contributed by atoms with E-state index in [0.717, 1.165) is 48.4 Å². The number of benzene rings is 2. The van der Waals surface area contributed by atoms with E-state index in [1.165, 1.54) is 5.56 Å². The molecule has 4 rings (SSSR count). The molecule has 1 aromatic heterocycles. The van der Waals surface area contributed by atoms with E-state index >= 15 is 0 Å². The molecular formula is C21H23N3O2. The van der Waals surface area contributed by atoms with Gasteiger partial charge < -0.3 is 14.6 Å². The molecule has 2 aromatic carbocycles. The summed E-state index contributed by atoms with van der Waals surface area (Å²) < 4.78 is 5.70. The number of ether oxygens (including phenoxy) is 1. The first-order valence-corrected chi connectivity index (χ1v) is 9.20. The Labute approximate surface area is 153 Å². The van der Waals surface area contributed by atoms with Crippen LogP contribution in [0.5, 0.6) is 5.75 Å². The number of carbonyl (C=O) groups excluding carboxylic acids is 1. The van der Waals surface area contributed by atoms with E-state index in [-0.39, 0.29) is 18.6 Å². The molecule has 0 aliphatic carbocycles. The minimum Gasteiger partial charge on any atom is -0.484 e. The van der Waals surface area contributed by atoms with Crippen LogP contribution in [0.4, 0.5) is 0 Å². The third-order valence-corrected chi connectivity index (χ3v) is 4.99. The van der Waals surface area contributed by atoms with E-state index < -0.39 is 0 Å². The maximum atomic E-state index is 12.7. The summed E-state index contributed by atoms with van der Waals surface area (Å²) >= 11 is 0. The summed E-state index contributed by atoms with van der Waals surface area (Å²) in [6.07, 6.45) is 2.90. The van der Waals surface area contributed by atoms with Gasteiger partial charge in [-0.25, -0.2) is 4.98 Å². The molecule has 0 spiro atoms. The number of imidazole rings is 1. The molecule has 134 valence electrons. The predicted molar refractivity (Wildman–Crippen MR) is 101 cm³/mol. The fourth-order valence-electron chi connectivity index (χ4n) is 3.53. The van der Waals surface area contributed by atoms with Crippen LogP contribution in [0, 0.1) is 0 Å². The van der Waals surface area contributed by atoms with Crippen molar-refractivity contribution in [3.05, 3.63) is 59.9 Å². The van der Waals surface area contributed by atoms with Crippen molar-refractivity contribution in [2.45, 2.75) is 32.2 Å². The number of amides is 1. The molecule has 1 saturated heterocycles. The first-order chi connectivity index (χ1) is 12.7. The number of hydrogen-bond donors (Lipinski definition) is 1. The van der Waals surface area contributed by atoms with Gasteiger partial charge in [-0.05, 0) is 49.1 Å². The van der Waals surface area contributed by atoms with Crippen molar-refractivity contribution >= 4 is 16.9 Å². The number of carbonyl (C=O) groups is 1. The largest absolute Gasteiger partial charge is 0.484 e. The van der Waals surface area contributed by atoms with Crippen molar-refractivity contribution in [3.63, 3.8) is 0 Å². The third kappa shape index (κ3) is 3.29. The monoisotopic (exact) mass is 349 g/mol. The van der Waals surface area contributed by atoms with Gasteiger partial charge in [0.05, 0.1) is 17.1 Å². The first-order valence-electron chi connectivity index (χ1n) is 9.20. The van der Waals surface area contributed by atoms with Crippen molar-refractivity contribution in [1.29, 1.82) is 0 Å². The second kappa shape index (κ2) is 7.20. The number of aryl methyl sites for hydroxylation is 1. The summed E-state index contributed by atoms with van der Waals surface area (Å²) in [4.78, 5) is 22.6. The summed E-state index contributed by atoms with van der Waals surface area (Å²) in [7, 11) is 0. The highest BCUT2D eigenvalue weighted by Gasteiger charge is 2.32. The highest BCUT2D eigenvalue weighted by Crippen LogP contribution is 2.31. The zero-order valence-electron chi connectivity index (χ0n) is 14.9. The lowest BCUT2D eigenvalue weighted by Crippen LogP contribution is -2.34. The Bertz CT molecular complexity index is 868. The minimum atomic E-state index is 0.000896. The number of likely N-dealkylation sites (tertiary alicyclic amines) is 1. The lowest BCUT2D eigenvalue weighted by molar-refractivity contribution is -0.134. The molecule has 0 saturated carbocycles. The highest BCUT2D eigenvalue weighted by atomic mass is 16.5. The Morgan fingerprint density at radius 3 is 2.81 bits per heavy atom. The number of aromatic nitrogens is 2. The van der Waals surface area contributed by atoms with Crippen LogP contribution in [0.25, 0.3) is 11.0 Å². The van der Waals surface area contributed by atoms with Crippen molar-refractivity contribution in [3.8, 4) is 5.75 Å². The molecule has 1 N–H and O–H groups in total. The highest BCUT2D eigenvalue weighted by molar-refractivity contribution is 5.79. The van der Waals surface area contributed by atoms with Crippen LogP contribution in [0.3, 0.4) is 0 Å². The number of nitrogens with zero attached hydrogens (tertiary/aromatic N) is 2. The molecule has 1 atom stereocenters. The fraction of sp³-hybridized carbons (Fsp3) is 0.333. The molecule has 0 unspecified atom stereocenters. The van der Waals surface area contributed by atoms with Gasteiger partial charge in [0.25, 0.3) is 5.91 Å². The van der Waals surface area contributed by atoms with Crippen LogP contribution < -0.4 is 4.74 Å². The Morgan fingerprint density at radius 1 is 1.23 bits per heavy atom. The molecule has 2 heterocycles. The molecule has 1 aliphatic rings. The standard InChI is InChI=1S/C21H23N3O2/c1-2-15-9-11-16(12-10-15)26-14-20(25)24-13-5-8-19(24)21-22-17-6-3-4-7-18(17)23-21/h3-4,6-7,9-12,19H,2,5,8,13-14H2,1H3,(H,22,23)/t19-/m1/s1. The Morgan fingerprint density at radius 2 is 2.04 bits per heavy atom. The van der Waals surface area contributed by atoms with Crippen molar-refractivity contribution in [2.75, 3.05) is 13.2 Å². The number of fused-ring (bicyclic) bond motifs is 1. The summed E-state index contributed by atoms with van der Waals surface area (Å²) in [5.74, 6) is 1.60. The smallest absolute Gasteiger partial charge is 0.261 e. The van der Waals surface area contributed by atoms with Gasteiger partial charge in [-0.15, -0.1) is 0 Å². The van der Waals surface area contributed by atoms with Gasteiger partial charge in [-0.1, -0.05) is 31.2 Å². The van der Waals surface area contributed by atoms with Crippen molar-refractivity contribution in [1.82, 2.24) is 14.9 Å². The number of nitrogens with one attached hydrogen (secondary N) is 1. The average molecular weight is 349 g/mol. The SMILES string of the molecule is CCc1ccc(OCC(=O)N2CCC[C@@H]2c2nc3ccccc3[nH]2)cc1. The molecule has 5 nitrogen and oxygen atoms in total. The average Bonchev–Trinajstić information content (AvgIpc) is 3.32. The molecule has 1 amide bonds. The number of para-hydroxylation sites is 2. The van der Waals surface area contributed by atoms with Crippen LogP contribution in [0.1, 0.15) is 37.2 Å². The van der Waals surface area contributed by atoms with Crippen LogP contribution >= 0.6 is 0 Å². The Hall–Kier alpha value is -2.82. The topological polar surface area (TPSA) is 58.2 Å². The van der Waals surface area contributed by atoms with Gasteiger partial charge >= 0.3 is 0 Å². The van der Waals surface area contributed by atoms with Crippen LogP contribution in [0.2, 0.25) is 0 Å².